The third kappa shape index (κ3) is 3.78. The summed E-state index contributed by atoms with van der Waals surface area (Å²) in [6.07, 6.45) is 1.33. The van der Waals surface area contributed by atoms with Crippen LogP contribution in [0.5, 0.6) is 5.75 Å². The van der Waals surface area contributed by atoms with Crippen LogP contribution in [0, 0.1) is 0 Å². The van der Waals surface area contributed by atoms with Gasteiger partial charge in [0, 0.05) is 10.8 Å². The zero-order valence-electron chi connectivity index (χ0n) is 15.4. The third-order valence-corrected chi connectivity index (χ3v) is 5.66. The summed E-state index contributed by atoms with van der Waals surface area (Å²) in [5, 5.41) is 18.7. The van der Waals surface area contributed by atoms with E-state index in [4.69, 9.17) is 4.42 Å². The molecule has 0 atom stereocenters. The minimum Gasteiger partial charge on any atom is -0.505 e. The second kappa shape index (κ2) is 7.80. The number of aromatic hydroxyl groups is 1. The topological polar surface area (TPSA) is 121 Å². The van der Waals surface area contributed by atoms with Crippen LogP contribution >= 0.6 is 0 Å². The number of hydrogen-bond donors (Lipinski definition) is 2. The Morgan fingerprint density at radius 3 is 2.33 bits per heavy atom. The normalized spacial score (nSPS) is 11.7. The molecule has 0 radical (unpaired) electrons. The molecule has 30 heavy (non-hydrogen) atoms. The summed E-state index contributed by atoms with van der Waals surface area (Å²) in [7, 11) is -3.89. The molecule has 0 fully saturated rings. The number of azo groups is 1. The number of anilines is 1. The quantitative estimate of drug-likeness (QED) is 0.352. The summed E-state index contributed by atoms with van der Waals surface area (Å²) in [4.78, 5) is 12.1. The number of nitrogens with zero attached hydrogens (tertiary/aromatic N) is 2. The van der Waals surface area contributed by atoms with E-state index < -0.39 is 15.9 Å². The van der Waals surface area contributed by atoms with Crippen LogP contribution in [0.15, 0.2) is 98.6 Å². The van der Waals surface area contributed by atoms with E-state index in [1.807, 2.05) is 0 Å². The number of furan rings is 1. The van der Waals surface area contributed by atoms with Gasteiger partial charge in [-0.15, -0.1) is 10.2 Å². The SMILES string of the molecule is O=C(N=Nc1cc(NS(=O)(=O)c2ccccc2)c2ccccc2c1O)c1ccco1. The Labute approximate surface area is 171 Å². The molecule has 3 aromatic carbocycles. The molecule has 0 saturated heterocycles. The lowest BCUT2D eigenvalue weighted by molar-refractivity contribution is 0.0968. The summed E-state index contributed by atoms with van der Waals surface area (Å²) < 4.78 is 33.0. The molecule has 0 aliphatic rings. The number of carbonyl (C=O) groups excluding carboxylic acids is 1. The van der Waals surface area contributed by atoms with Crippen molar-refractivity contribution in [1.29, 1.82) is 0 Å². The van der Waals surface area contributed by atoms with Gasteiger partial charge in [0.1, 0.15) is 5.69 Å². The summed E-state index contributed by atoms with van der Waals surface area (Å²) in [6.45, 7) is 0. The fourth-order valence-corrected chi connectivity index (χ4v) is 3.95. The molecule has 9 heteroatoms. The average molecular weight is 421 g/mol. The first-order chi connectivity index (χ1) is 14.5. The van der Waals surface area contributed by atoms with E-state index in [2.05, 4.69) is 15.0 Å². The number of hydrogen-bond acceptors (Lipinski definition) is 6. The number of rotatable bonds is 5. The first-order valence-corrected chi connectivity index (χ1v) is 10.3. The molecule has 8 nitrogen and oxygen atoms in total. The van der Waals surface area contributed by atoms with E-state index in [9.17, 15) is 18.3 Å². The minimum atomic E-state index is -3.89. The number of benzene rings is 3. The Bertz CT molecular complexity index is 1350. The van der Waals surface area contributed by atoms with Gasteiger partial charge < -0.3 is 9.52 Å². The highest BCUT2D eigenvalue weighted by Crippen LogP contribution is 2.40. The highest BCUT2D eigenvalue weighted by molar-refractivity contribution is 7.92. The van der Waals surface area contributed by atoms with E-state index in [0.29, 0.717) is 10.8 Å². The van der Waals surface area contributed by atoms with Gasteiger partial charge in [-0.05, 0) is 30.3 Å². The van der Waals surface area contributed by atoms with Crippen LogP contribution in [0.3, 0.4) is 0 Å². The molecule has 0 spiro atoms. The molecule has 0 bridgehead atoms. The number of fused-ring (bicyclic) bond motifs is 1. The van der Waals surface area contributed by atoms with Gasteiger partial charge in [-0.25, -0.2) is 8.42 Å². The monoisotopic (exact) mass is 421 g/mol. The largest absolute Gasteiger partial charge is 0.505 e. The summed E-state index contributed by atoms with van der Waals surface area (Å²) in [5.41, 5.74) is 0.117. The highest BCUT2D eigenvalue weighted by atomic mass is 32.2. The molecule has 0 aliphatic heterocycles. The fourth-order valence-electron chi connectivity index (χ4n) is 2.86. The Balaban J connectivity index is 1.78. The maximum Gasteiger partial charge on any atom is 0.331 e. The van der Waals surface area contributed by atoms with Crippen molar-refractivity contribution in [1.82, 2.24) is 0 Å². The summed E-state index contributed by atoms with van der Waals surface area (Å²) >= 11 is 0. The molecule has 150 valence electrons. The molecule has 1 heterocycles. The van der Waals surface area contributed by atoms with Crippen LogP contribution in [0.25, 0.3) is 10.8 Å². The van der Waals surface area contributed by atoms with E-state index in [-0.39, 0.29) is 27.8 Å². The predicted octanol–water partition coefficient (Wildman–Crippen LogP) is 4.86. The van der Waals surface area contributed by atoms with Crippen molar-refractivity contribution in [3.63, 3.8) is 0 Å². The van der Waals surface area contributed by atoms with E-state index in [1.54, 1.807) is 42.5 Å². The zero-order chi connectivity index (χ0) is 21.1. The van der Waals surface area contributed by atoms with Gasteiger partial charge in [0.25, 0.3) is 10.0 Å². The third-order valence-electron chi connectivity index (χ3n) is 4.27. The standard InChI is InChI=1S/C21H15N3O5S/c25-20-16-10-5-4-9-15(16)17(24-30(27,28)14-7-2-1-3-8-14)13-18(20)22-23-21(26)19-11-6-12-29-19/h1-13,24-25H. The highest BCUT2D eigenvalue weighted by Gasteiger charge is 2.18. The van der Waals surface area contributed by atoms with Crippen LogP contribution < -0.4 is 4.72 Å². The molecule has 0 saturated carbocycles. The number of carbonyl (C=O) groups is 1. The molecule has 0 aliphatic carbocycles. The molecule has 1 aromatic heterocycles. The van der Waals surface area contributed by atoms with E-state index in [1.165, 1.54) is 36.6 Å². The second-order valence-electron chi connectivity index (χ2n) is 6.24. The first-order valence-electron chi connectivity index (χ1n) is 8.78. The van der Waals surface area contributed by atoms with Crippen molar-refractivity contribution in [2.45, 2.75) is 4.90 Å². The van der Waals surface area contributed by atoms with Gasteiger partial charge in [-0.1, -0.05) is 42.5 Å². The number of phenolic OH excluding ortho intramolecular Hbond substituents is 1. The maximum atomic E-state index is 12.8. The molecule has 1 amide bonds. The molecule has 4 rings (SSSR count). The van der Waals surface area contributed by atoms with Crippen LogP contribution in [0.2, 0.25) is 0 Å². The molecule has 0 unspecified atom stereocenters. The van der Waals surface area contributed by atoms with Crippen LogP contribution in [-0.2, 0) is 10.0 Å². The Hall–Kier alpha value is -3.98. The predicted molar refractivity (Wildman–Crippen MR) is 110 cm³/mol. The first kappa shape index (κ1) is 19.3. The van der Waals surface area contributed by atoms with Gasteiger partial charge in [-0.3, -0.25) is 9.52 Å². The Kier molecular flexibility index (Phi) is 5.03. The average Bonchev–Trinajstić information content (AvgIpc) is 3.30. The van der Waals surface area contributed by atoms with Crippen molar-refractivity contribution in [3.8, 4) is 5.75 Å². The van der Waals surface area contributed by atoms with E-state index in [0.717, 1.165) is 0 Å². The smallest absolute Gasteiger partial charge is 0.331 e. The van der Waals surface area contributed by atoms with Crippen molar-refractivity contribution in [3.05, 3.63) is 84.8 Å². The lowest BCUT2D eigenvalue weighted by atomic mass is 10.1. The Morgan fingerprint density at radius 1 is 0.933 bits per heavy atom. The number of amides is 1. The van der Waals surface area contributed by atoms with Gasteiger partial charge >= 0.3 is 5.91 Å². The molecule has 4 aromatic rings. The van der Waals surface area contributed by atoms with Crippen LogP contribution in [0.1, 0.15) is 10.6 Å². The zero-order valence-corrected chi connectivity index (χ0v) is 16.2. The number of sulfonamides is 1. The molecule has 2 N–H and O–H groups in total. The van der Waals surface area contributed by atoms with Crippen molar-refractivity contribution in [2.24, 2.45) is 10.2 Å². The number of nitrogens with one attached hydrogen (secondary N) is 1. The van der Waals surface area contributed by atoms with E-state index >= 15 is 0 Å². The van der Waals surface area contributed by atoms with Gasteiger partial charge in [0.05, 0.1) is 16.8 Å². The lowest BCUT2D eigenvalue weighted by Gasteiger charge is -2.13. The van der Waals surface area contributed by atoms with Crippen molar-refractivity contribution >= 4 is 38.1 Å². The lowest BCUT2D eigenvalue weighted by Crippen LogP contribution is -2.13. The van der Waals surface area contributed by atoms with Crippen LogP contribution in [0.4, 0.5) is 11.4 Å². The summed E-state index contributed by atoms with van der Waals surface area (Å²) in [6, 6.07) is 18.8. The second-order valence-corrected chi connectivity index (χ2v) is 7.92. The maximum absolute atomic E-state index is 12.8. The van der Waals surface area contributed by atoms with Gasteiger partial charge in [0.15, 0.2) is 11.5 Å². The van der Waals surface area contributed by atoms with Gasteiger partial charge in [0.2, 0.25) is 0 Å². The fraction of sp³-hybridized carbons (Fsp3) is 0. The summed E-state index contributed by atoms with van der Waals surface area (Å²) in [5.74, 6) is -0.979. The van der Waals surface area contributed by atoms with Crippen LogP contribution in [-0.4, -0.2) is 19.4 Å². The van der Waals surface area contributed by atoms with Crippen molar-refractivity contribution in [2.75, 3.05) is 4.72 Å². The number of phenols is 1. The molecular formula is C21H15N3O5S. The Morgan fingerprint density at radius 2 is 1.63 bits per heavy atom. The minimum absolute atomic E-state index is 0.0102. The van der Waals surface area contributed by atoms with Gasteiger partial charge in [-0.2, -0.15) is 0 Å². The molecular weight excluding hydrogens is 406 g/mol. The van der Waals surface area contributed by atoms with Crippen molar-refractivity contribution < 1.29 is 22.7 Å².